The molecule has 0 aromatic carbocycles. The number of carbonyl (C=O) groups excluding carboxylic acids is 1. The average molecular weight is 194 g/mol. The van der Waals surface area contributed by atoms with Crippen LogP contribution in [0.15, 0.2) is 12.4 Å². The lowest BCUT2D eigenvalue weighted by Gasteiger charge is -2.01. The molecule has 0 bridgehead atoms. The minimum absolute atomic E-state index is 0.149. The molecular weight excluding hydrogens is 187 g/mol. The monoisotopic (exact) mass is 194 g/mol. The van der Waals surface area contributed by atoms with E-state index >= 15 is 0 Å². The number of esters is 1. The first kappa shape index (κ1) is 10.1. The second-order valence-corrected chi connectivity index (χ2v) is 2.52. The molecule has 0 amide bonds. The molecule has 0 unspecified atom stereocenters. The predicted octanol–water partition coefficient (Wildman–Crippen LogP) is 0.808. The van der Waals surface area contributed by atoms with Crippen molar-refractivity contribution in [2.75, 3.05) is 7.11 Å². The van der Waals surface area contributed by atoms with Gasteiger partial charge < -0.3 is 4.74 Å². The van der Waals surface area contributed by atoms with Gasteiger partial charge in [-0.25, -0.2) is 4.39 Å². The third-order valence-corrected chi connectivity index (χ3v) is 1.65. The Balaban J connectivity index is 3.04. The topological polar surface area (TPSA) is 63.0 Å². The van der Waals surface area contributed by atoms with Gasteiger partial charge in [0.25, 0.3) is 0 Å². The maximum Gasteiger partial charge on any atom is 0.310 e. The van der Waals surface area contributed by atoms with Crippen molar-refractivity contribution >= 4 is 5.97 Å². The largest absolute Gasteiger partial charge is 0.469 e. The first-order valence-electron chi connectivity index (χ1n) is 3.78. The first-order valence-corrected chi connectivity index (χ1v) is 3.78. The number of aromatic nitrogens is 1. The number of carbonyl (C=O) groups is 1. The maximum atomic E-state index is 13.0. The van der Waals surface area contributed by atoms with Crippen molar-refractivity contribution in [2.45, 2.75) is 6.42 Å². The molecular formula is C9H7FN2O2. The fourth-order valence-electron chi connectivity index (χ4n) is 0.962. The Morgan fingerprint density at radius 2 is 2.43 bits per heavy atom. The van der Waals surface area contributed by atoms with Crippen LogP contribution in [-0.4, -0.2) is 18.1 Å². The molecule has 0 spiro atoms. The zero-order valence-electron chi connectivity index (χ0n) is 7.45. The van der Waals surface area contributed by atoms with Gasteiger partial charge in [0.15, 0.2) is 5.82 Å². The number of pyridine rings is 1. The molecule has 0 saturated carbocycles. The van der Waals surface area contributed by atoms with Gasteiger partial charge in [-0.2, -0.15) is 5.26 Å². The van der Waals surface area contributed by atoms with E-state index in [9.17, 15) is 9.18 Å². The molecule has 0 radical (unpaired) electrons. The van der Waals surface area contributed by atoms with Crippen LogP contribution in [0.4, 0.5) is 4.39 Å². The van der Waals surface area contributed by atoms with Crippen molar-refractivity contribution in [1.29, 1.82) is 5.26 Å². The van der Waals surface area contributed by atoms with Crippen LogP contribution in [0, 0.1) is 17.1 Å². The molecule has 72 valence electrons. The number of halogens is 1. The molecule has 1 aromatic rings. The highest BCUT2D eigenvalue weighted by molar-refractivity contribution is 5.73. The Morgan fingerprint density at radius 3 is 3.00 bits per heavy atom. The summed E-state index contributed by atoms with van der Waals surface area (Å²) in [5, 5.41) is 8.61. The second kappa shape index (κ2) is 4.33. The minimum atomic E-state index is -0.728. The Kier molecular flexibility index (Phi) is 3.13. The number of hydrogen-bond acceptors (Lipinski definition) is 4. The van der Waals surface area contributed by atoms with E-state index in [2.05, 4.69) is 9.72 Å². The van der Waals surface area contributed by atoms with Crippen molar-refractivity contribution in [1.82, 2.24) is 4.98 Å². The van der Waals surface area contributed by atoms with Crippen LogP contribution in [0.5, 0.6) is 0 Å². The van der Waals surface area contributed by atoms with E-state index in [1.54, 1.807) is 6.07 Å². The quantitative estimate of drug-likeness (QED) is 0.653. The van der Waals surface area contributed by atoms with Crippen molar-refractivity contribution in [3.05, 3.63) is 29.3 Å². The average Bonchev–Trinajstić information content (AvgIpc) is 2.18. The molecule has 5 heteroatoms. The van der Waals surface area contributed by atoms with Gasteiger partial charge in [0.1, 0.15) is 6.07 Å². The lowest BCUT2D eigenvalue weighted by atomic mass is 10.1. The second-order valence-electron chi connectivity index (χ2n) is 2.52. The molecule has 0 aliphatic carbocycles. The summed E-state index contributed by atoms with van der Waals surface area (Å²) >= 11 is 0. The van der Waals surface area contributed by atoms with Crippen molar-refractivity contribution < 1.29 is 13.9 Å². The fraction of sp³-hybridized carbons (Fsp3) is 0.222. The lowest BCUT2D eigenvalue weighted by molar-refractivity contribution is -0.139. The molecule has 1 aromatic heterocycles. The SMILES string of the molecule is COC(=O)Cc1cncc(F)c1C#N. The molecule has 0 atom stereocenters. The molecule has 1 heterocycles. The first-order chi connectivity index (χ1) is 6.69. The summed E-state index contributed by atoms with van der Waals surface area (Å²) in [6, 6.07) is 1.67. The van der Waals surface area contributed by atoms with Crippen LogP contribution in [-0.2, 0) is 16.0 Å². The van der Waals surface area contributed by atoms with Crippen molar-refractivity contribution in [3.63, 3.8) is 0 Å². The number of ether oxygens (including phenoxy) is 1. The van der Waals surface area contributed by atoms with Gasteiger partial charge in [-0.3, -0.25) is 9.78 Å². The summed E-state index contributed by atoms with van der Waals surface area (Å²) in [5.74, 6) is -1.26. The third-order valence-electron chi connectivity index (χ3n) is 1.65. The van der Waals surface area contributed by atoms with Crippen LogP contribution in [0.3, 0.4) is 0 Å². The number of nitrogens with zero attached hydrogens (tertiary/aromatic N) is 2. The fourth-order valence-corrected chi connectivity index (χ4v) is 0.962. The third kappa shape index (κ3) is 2.04. The predicted molar refractivity (Wildman–Crippen MR) is 44.6 cm³/mol. The normalized spacial score (nSPS) is 9.21. The van der Waals surface area contributed by atoms with Crippen LogP contribution >= 0.6 is 0 Å². The van der Waals surface area contributed by atoms with E-state index in [0.717, 1.165) is 6.20 Å². The van der Waals surface area contributed by atoms with Crippen molar-refractivity contribution in [2.24, 2.45) is 0 Å². The molecule has 0 N–H and O–H groups in total. The van der Waals surface area contributed by atoms with Gasteiger partial charge in [-0.1, -0.05) is 0 Å². The van der Waals surface area contributed by atoms with Crippen LogP contribution in [0.25, 0.3) is 0 Å². The highest BCUT2D eigenvalue weighted by Gasteiger charge is 2.12. The molecule has 0 aliphatic heterocycles. The van der Waals surface area contributed by atoms with Gasteiger partial charge in [-0.05, 0) is 0 Å². The summed E-state index contributed by atoms with van der Waals surface area (Å²) < 4.78 is 17.4. The molecule has 14 heavy (non-hydrogen) atoms. The molecule has 0 fully saturated rings. The van der Waals surface area contributed by atoms with Crippen LogP contribution < -0.4 is 0 Å². The zero-order chi connectivity index (χ0) is 10.6. The number of rotatable bonds is 2. The van der Waals surface area contributed by atoms with E-state index < -0.39 is 11.8 Å². The Bertz CT molecular complexity index is 398. The summed E-state index contributed by atoms with van der Waals surface area (Å²) in [4.78, 5) is 14.4. The zero-order valence-corrected chi connectivity index (χ0v) is 7.45. The van der Waals surface area contributed by atoms with Gasteiger partial charge in [-0.15, -0.1) is 0 Å². The van der Waals surface area contributed by atoms with Crippen LogP contribution in [0.1, 0.15) is 11.1 Å². The summed E-state index contributed by atoms with van der Waals surface area (Å²) in [6.07, 6.45) is 2.06. The molecule has 0 aliphatic rings. The summed E-state index contributed by atoms with van der Waals surface area (Å²) in [6.45, 7) is 0. The Labute approximate surface area is 79.9 Å². The van der Waals surface area contributed by atoms with Gasteiger partial charge in [0.05, 0.1) is 25.3 Å². The summed E-state index contributed by atoms with van der Waals surface area (Å²) in [7, 11) is 1.22. The van der Waals surface area contributed by atoms with E-state index in [1.165, 1.54) is 13.3 Å². The number of hydrogen-bond donors (Lipinski definition) is 0. The van der Waals surface area contributed by atoms with Gasteiger partial charge in [0, 0.05) is 11.8 Å². The Morgan fingerprint density at radius 1 is 1.71 bits per heavy atom. The van der Waals surface area contributed by atoms with E-state index in [0.29, 0.717) is 0 Å². The number of nitriles is 1. The van der Waals surface area contributed by atoms with Gasteiger partial charge in [0.2, 0.25) is 0 Å². The van der Waals surface area contributed by atoms with Crippen LogP contribution in [0.2, 0.25) is 0 Å². The minimum Gasteiger partial charge on any atom is -0.469 e. The van der Waals surface area contributed by atoms with Gasteiger partial charge >= 0.3 is 5.97 Å². The van der Waals surface area contributed by atoms with E-state index in [4.69, 9.17) is 5.26 Å². The van der Waals surface area contributed by atoms with E-state index in [1.807, 2.05) is 0 Å². The summed E-state index contributed by atoms with van der Waals surface area (Å²) in [5.41, 5.74) is 0.0738. The van der Waals surface area contributed by atoms with E-state index in [-0.39, 0.29) is 17.5 Å². The lowest BCUT2D eigenvalue weighted by Crippen LogP contribution is -2.07. The number of methoxy groups -OCH3 is 1. The smallest absolute Gasteiger partial charge is 0.310 e. The maximum absolute atomic E-state index is 13.0. The highest BCUT2D eigenvalue weighted by atomic mass is 19.1. The Hall–Kier alpha value is -1.96. The highest BCUT2D eigenvalue weighted by Crippen LogP contribution is 2.11. The van der Waals surface area contributed by atoms with Crippen molar-refractivity contribution in [3.8, 4) is 6.07 Å². The standard InChI is InChI=1S/C9H7FN2O2/c1-14-9(13)2-6-4-12-5-8(10)7(6)3-11/h4-5H,2H2,1H3. The molecule has 4 nitrogen and oxygen atoms in total. The molecule has 0 saturated heterocycles. The molecule has 1 rings (SSSR count).